The molecule has 0 rings (SSSR count). The molecule has 0 saturated carbocycles. The van der Waals surface area contributed by atoms with Gasteiger partial charge in [-0.15, -0.1) is 5.73 Å². The van der Waals surface area contributed by atoms with E-state index in [2.05, 4.69) is 5.73 Å². The van der Waals surface area contributed by atoms with E-state index in [9.17, 15) is 8.42 Å². The molecule has 0 aromatic carbocycles. The van der Waals surface area contributed by atoms with Crippen LogP contribution in [-0.4, -0.2) is 18.7 Å². The first-order valence-corrected chi connectivity index (χ1v) is 4.51. The van der Waals surface area contributed by atoms with E-state index in [0.29, 0.717) is 0 Å². The summed E-state index contributed by atoms with van der Waals surface area (Å²) >= 11 is 0. The van der Waals surface area contributed by atoms with E-state index < -0.39 is 10.1 Å². The molecule has 1 N–H and O–H groups in total. The molecule has 0 saturated heterocycles. The average molecular weight is 162 g/mol. The molecule has 0 fully saturated rings. The fourth-order valence-corrected chi connectivity index (χ4v) is 0.661. The van der Waals surface area contributed by atoms with Gasteiger partial charge in [-0.2, -0.15) is 8.42 Å². The van der Waals surface area contributed by atoms with Crippen molar-refractivity contribution in [1.29, 1.82) is 0 Å². The third-order valence-electron chi connectivity index (χ3n) is 0.734. The maximum absolute atomic E-state index is 10.1. The van der Waals surface area contributed by atoms with Gasteiger partial charge in [-0.25, -0.2) is 0 Å². The second kappa shape index (κ2) is 4.28. The number of rotatable bonds is 3. The van der Waals surface area contributed by atoms with E-state index in [4.69, 9.17) is 4.55 Å². The predicted octanol–water partition coefficient (Wildman–Crippen LogP) is 0.996. The molecule has 58 valence electrons. The minimum Gasteiger partial charge on any atom is -0.285 e. The van der Waals surface area contributed by atoms with Gasteiger partial charge in [-0.05, 0) is 18.6 Å². The van der Waals surface area contributed by atoms with Crippen LogP contribution in [0, 0.1) is 0 Å². The van der Waals surface area contributed by atoms with Crippen molar-refractivity contribution < 1.29 is 13.0 Å². The molecule has 0 aromatic heterocycles. The predicted molar refractivity (Wildman–Crippen MR) is 39.4 cm³/mol. The Bertz CT molecular complexity index is 232. The van der Waals surface area contributed by atoms with Crippen molar-refractivity contribution in [2.45, 2.75) is 13.3 Å². The van der Waals surface area contributed by atoms with Gasteiger partial charge in [-0.1, -0.05) is 6.92 Å². The van der Waals surface area contributed by atoms with Crippen molar-refractivity contribution in [3.63, 3.8) is 0 Å². The van der Waals surface area contributed by atoms with Crippen molar-refractivity contribution in [2.75, 3.05) is 5.75 Å². The van der Waals surface area contributed by atoms with Crippen LogP contribution in [0.2, 0.25) is 0 Å². The molecule has 0 spiro atoms. The lowest BCUT2D eigenvalue weighted by atomic mass is 10.4. The topological polar surface area (TPSA) is 54.4 Å². The largest absolute Gasteiger partial charge is 0.285 e. The van der Waals surface area contributed by atoms with E-state index in [0.717, 1.165) is 6.42 Å². The standard InChI is InChI=1S/C6H10O3S/c1-2-3-4-5-6-10(7,8)9/h3,5H,2,6H2,1H3,(H,7,8,9). The molecular weight excluding hydrogens is 152 g/mol. The molecule has 10 heavy (non-hydrogen) atoms. The Morgan fingerprint density at radius 1 is 1.50 bits per heavy atom. The Morgan fingerprint density at radius 3 is 2.50 bits per heavy atom. The normalized spacial score (nSPS) is 10.2. The van der Waals surface area contributed by atoms with Crippen LogP contribution in [0.25, 0.3) is 0 Å². The lowest BCUT2D eigenvalue weighted by Crippen LogP contribution is -1.99. The SMILES string of the molecule is CCC=C=CCS(=O)(=O)O. The molecule has 0 heterocycles. The molecule has 0 unspecified atom stereocenters. The van der Waals surface area contributed by atoms with Gasteiger partial charge in [0.25, 0.3) is 10.1 Å². The second-order valence-corrected chi connectivity index (χ2v) is 3.23. The highest BCUT2D eigenvalue weighted by Crippen LogP contribution is 1.82. The Hall–Kier alpha value is -0.570. The Labute approximate surface area is 60.8 Å². The van der Waals surface area contributed by atoms with Gasteiger partial charge in [0.1, 0.15) is 5.75 Å². The van der Waals surface area contributed by atoms with Gasteiger partial charge in [0, 0.05) is 0 Å². The smallest absolute Gasteiger partial charge is 0.269 e. The third-order valence-corrected chi connectivity index (χ3v) is 1.32. The fourth-order valence-electron chi connectivity index (χ4n) is 0.355. The highest BCUT2D eigenvalue weighted by Gasteiger charge is 1.97. The highest BCUT2D eigenvalue weighted by molar-refractivity contribution is 7.85. The quantitative estimate of drug-likeness (QED) is 0.497. The molecule has 0 aliphatic rings. The molecule has 0 atom stereocenters. The van der Waals surface area contributed by atoms with Gasteiger partial charge >= 0.3 is 0 Å². The summed E-state index contributed by atoms with van der Waals surface area (Å²) in [6.45, 7) is 1.91. The molecule has 4 heteroatoms. The van der Waals surface area contributed by atoms with Crippen LogP contribution < -0.4 is 0 Å². The fraction of sp³-hybridized carbons (Fsp3) is 0.500. The molecule has 0 aliphatic heterocycles. The minimum absolute atomic E-state index is 0.358. The summed E-state index contributed by atoms with van der Waals surface area (Å²) in [4.78, 5) is 0. The van der Waals surface area contributed by atoms with Crippen molar-refractivity contribution in [1.82, 2.24) is 0 Å². The molecule has 0 aliphatic carbocycles. The van der Waals surface area contributed by atoms with E-state index in [1.807, 2.05) is 6.92 Å². The van der Waals surface area contributed by atoms with Gasteiger partial charge in [0.15, 0.2) is 0 Å². The molecule has 0 bridgehead atoms. The first kappa shape index (κ1) is 9.43. The molecule has 3 nitrogen and oxygen atoms in total. The third kappa shape index (κ3) is 7.43. The maximum Gasteiger partial charge on any atom is 0.269 e. The van der Waals surface area contributed by atoms with Crippen LogP contribution in [0.5, 0.6) is 0 Å². The summed E-state index contributed by atoms with van der Waals surface area (Å²) in [6.07, 6.45) is 3.77. The first-order chi connectivity index (χ1) is 4.56. The van der Waals surface area contributed by atoms with E-state index in [-0.39, 0.29) is 5.75 Å². The molecule has 0 amide bonds. The van der Waals surface area contributed by atoms with Crippen LogP contribution in [0.4, 0.5) is 0 Å². The molecule has 0 aromatic rings. The maximum atomic E-state index is 10.1. The summed E-state index contributed by atoms with van der Waals surface area (Å²) in [5.41, 5.74) is 2.60. The van der Waals surface area contributed by atoms with Crippen LogP contribution >= 0.6 is 0 Å². The number of hydrogen-bond donors (Lipinski definition) is 1. The summed E-state index contributed by atoms with van der Waals surface area (Å²) in [5, 5.41) is 0. The Balaban J connectivity index is 3.88. The van der Waals surface area contributed by atoms with Crippen molar-refractivity contribution in [3.05, 3.63) is 17.9 Å². The van der Waals surface area contributed by atoms with Gasteiger partial charge in [0.05, 0.1) is 0 Å². The van der Waals surface area contributed by atoms with Crippen molar-refractivity contribution in [3.8, 4) is 0 Å². The van der Waals surface area contributed by atoms with Crippen molar-refractivity contribution in [2.24, 2.45) is 0 Å². The summed E-state index contributed by atoms with van der Waals surface area (Å²) < 4.78 is 28.3. The van der Waals surface area contributed by atoms with Crippen LogP contribution in [0.3, 0.4) is 0 Å². The van der Waals surface area contributed by atoms with Crippen molar-refractivity contribution >= 4 is 10.1 Å². The monoisotopic (exact) mass is 162 g/mol. The van der Waals surface area contributed by atoms with E-state index >= 15 is 0 Å². The lowest BCUT2D eigenvalue weighted by Gasteiger charge is -1.83. The summed E-state index contributed by atoms with van der Waals surface area (Å²) in [6, 6.07) is 0. The first-order valence-electron chi connectivity index (χ1n) is 2.91. The van der Waals surface area contributed by atoms with E-state index in [1.54, 1.807) is 6.08 Å². The van der Waals surface area contributed by atoms with Crippen LogP contribution in [0.15, 0.2) is 17.9 Å². The van der Waals surface area contributed by atoms with Gasteiger partial charge < -0.3 is 0 Å². The Kier molecular flexibility index (Phi) is 4.03. The zero-order valence-electron chi connectivity index (χ0n) is 5.74. The molecular formula is C6H10O3S. The van der Waals surface area contributed by atoms with Gasteiger partial charge in [0.2, 0.25) is 0 Å². The highest BCUT2D eigenvalue weighted by atomic mass is 32.2. The summed E-state index contributed by atoms with van der Waals surface area (Å²) in [7, 11) is -3.84. The molecule has 0 radical (unpaired) electrons. The van der Waals surface area contributed by atoms with Crippen LogP contribution in [0.1, 0.15) is 13.3 Å². The average Bonchev–Trinajstić information content (AvgIpc) is 1.78. The van der Waals surface area contributed by atoms with Gasteiger partial charge in [-0.3, -0.25) is 4.55 Å². The summed E-state index contributed by atoms with van der Waals surface area (Å²) in [5.74, 6) is -0.358. The second-order valence-electron chi connectivity index (χ2n) is 1.73. The Morgan fingerprint density at radius 2 is 2.10 bits per heavy atom. The number of hydrogen-bond acceptors (Lipinski definition) is 2. The minimum atomic E-state index is -3.84. The van der Waals surface area contributed by atoms with E-state index in [1.165, 1.54) is 6.08 Å². The zero-order valence-corrected chi connectivity index (χ0v) is 6.56. The zero-order chi connectivity index (χ0) is 8.04. The lowest BCUT2D eigenvalue weighted by molar-refractivity contribution is 0.487. The van der Waals surface area contributed by atoms with Crippen LogP contribution in [-0.2, 0) is 10.1 Å².